The van der Waals surface area contributed by atoms with Crippen molar-refractivity contribution in [2.24, 2.45) is 0 Å². The van der Waals surface area contributed by atoms with Crippen LogP contribution in [-0.4, -0.2) is 18.4 Å². The van der Waals surface area contributed by atoms with E-state index in [9.17, 15) is 9.59 Å². The van der Waals surface area contributed by atoms with Crippen LogP contribution in [0.4, 0.5) is 0 Å². The maximum atomic E-state index is 12.4. The van der Waals surface area contributed by atoms with Gasteiger partial charge in [0, 0.05) is 12.0 Å². The fourth-order valence-corrected chi connectivity index (χ4v) is 2.55. The number of benzene rings is 3. The molecule has 0 aromatic heterocycles. The second-order valence-corrected chi connectivity index (χ2v) is 5.85. The SMILES string of the molecule is O=C(NNC(=O)c1ccccc1OCCc1ccccc1)c1ccccc1. The number of ether oxygens (including phenoxy) is 1. The highest BCUT2D eigenvalue weighted by Crippen LogP contribution is 2.18. The lowest BCUT2D eigenvalue weighted by atomic mass is 10.1. The molecule has 0 atom stereocenters. The van der Waals surface area contributed by atoms with E-state index < -0.39 is 5.91 Å². The van der Waals surface area contributed by atoms with Crippen molar-refractivity contribution in [2.45, 2.75) is 6.42 Å². The van der Waals surface area contributed by atoms with Crippen LogP contribution in [0.1, 0.15) is 26.3 Å². The van der Waals surface area contributed by atoms with Crippen LogP contribution in [0.3, 0.4) is 0 Å². The molecule has 0 fully saturated rings. The summed E-state index contributed by atoms with van der Waals surface area (Å²) >= 11 is 0. The summed E-state index contributed by atoms with van der Waals surface area (Å²) in [6.07, 6.45) is 0.738. The first-order chi connectivity index (χ1) is 13.2. The highest BCUT2D eigenvalue weighted by Gasteiger charge is 2.13. The first kappa shape index (κ1) is 18.2. The van der Waals surface area contributed by atoms with Crippen molar-refractivity contribution in [3.63, 3.8) is 0 Å². The van der Waals surface area contributed by atoms with Crippen molar-refractivity contribution in [1.82, 2.24) is 10.9 Å². The third-order valence-electron chi connectivity index (χ3n) is 3.95. The van der Waals surface area contributed by atoms with Crippen LogP contribution in [0, 0.1) is 0 Å². The predicted octanol–water partition coefficient (Wildman–Crippen LogP) is 3.38. The molecule has 0 unspecified atom stereocenters. The summed E-state index contributed by atoms with van der Waals surface area (Å²) in [6, 6.07) is 25.6. The average molecular weight is 360 g/mol. The normalized spacial score (nSPS) is 10.1. The topological polar surface area (TPSA) is 67.4 Å². The monoisotopic (exact) mass is 360 g/mol. The summed E-state index contributed by atoms with van der Waals surface area (Å²) < 4.78 is 5.78. The standard InChI is InChI=1S/C22H20N2O3/c25-21(18-11-5-2-6-12-18)23-24-22(26)19-13-7-8-14-20(19)27-16-15-17-9-3-1-4-10-17/h1-14H,15-16H2,(H,23,25)(H,24,26). The molecule has 0 saturated heterocycles. The minimum absolute atomic E-state index is 0.360. The third-order valence-corrected chi connectivity index (χ3v) is 3.95. The Morgan fingerprint density at radius 3 is 2.04 bits per heavy atom. The first-order valence-corrected chi connectivity index (χ1v) is 8.65. The highest BCUT2D eigenvalue weighted by molar-refractivity contribution is 6.00. The van der Waals surface area contributed by atoms with E-state index in [2.05, 4.69) is 10.9 Å². The summed E-state index contributed by atoms with van der Waals surface area (Å²) in [5, 5.41) is 0. The van der Waals surface area contributed by atoms with Gasteiger partial charge in [-0.2, -0.15) is 0 Å². The van der Waals surface area contributed by atoms with Gasteiger partial charge in [-0.1, -0.05) is 60.7 Å². The van der Waals surface area contributed by atoms with Crippen LogP contribution in [0.25, 0.3) is 0 Å². The zero-order valence-electron chi connectivity index (χ0n) is 14.7. The van der Waals surface area contributed by atoms with E-state index in [-0.39, 0.29) is 5.91 Å². The van der Waals surface area contributed by atoms with E-state index in [0.29, 0.717) is 23.5 Å². The van der Waals surface area contributed by atoms with Gasteiger partial charge in [0.15, 0.2) is 0 Å². The molecule has 3 rings (SSSR count). The molecule has 27 heavy (non-hydrogen) atoms. The average Bonchev–Trinajstić information content (AvgIpc) is 2.73. The molecule has 0 aliphatic carbocycles. The number of para-hydroxylation sites is 1. The van der Waals surface area contributed by atoms with Crippen LogP contribution < -0.4 is 15.6 Å². The Kier molecular flexibility index (Phi) is 6.20. The molecule has 0 spiro atoms. The Morgan fingerprint density at radius 1 is 0.704 bits per heavy atom. The van der Waals surface area contributed by atoms with Crippen molar-refractivity contribution >= 4 is 11.8 Å². The summed E-state index contributed by atoms with van der Waals surface area (Å²) in [5.41, 5.74) is 6.82. The van der Waals surface area contributed by atoms with Gasteiger partial charge in [-0.05, 0) is 29.8 Å². The Bertz CT molecular complexity index is 896. The number of carbonyl (C=O) groups is 2. The Morgan fingerprint density at radius 2 is 1.30 bits per heavy atom. The molecule has 0 bridgehead atoms. The molecular weight excluding hydrogens is 340 g/mol. The number of nitrogens with one attached hydrogen (secondary N) is 2. The molecule has 3 aromatic rings. The van der Waals surface area contributed by atoms with Crippen LogP contribution >= 0.6 is 0 Å². The van der Waals surface area contributed by atoms with E-state index in [4.69, 9.17) is 4.74 Å². The lowest BCUT2D eigenvalue weighted by Crippen LogP contribution is -2.41. The number of carbonyl (C=O) groups excluding carboxylic acids is 2. The number of hydrazine groups is 1. The molecular formula is C22H20N2O3. The second-order valence-electron chi connectivity index (χ2n) is 5.85. The van der Waals surface area contributed by atoms with Gasteiger partial charge in [0.25, 0.3) is 11.8 Å². The largest absolute Gasteiger partial charge is 0.492 e. The van der Waals surface area contributed by atoms with Gasteiger partial charge in [-0.15, -0.1) is 0 Å². The number of amides is 2. The zero-order valence-corrected chi connectivity index (χ0v) is 14.7. The second kappa shape index (κ2) is 9.20. The fourth-order valence-electron chi connectivity index (χ4n) is 2.55. The molecule has 0 heterocycles. The minimum Gasteiger partial charge on any atom is -0.492 e. The molecule has 0 aliphatic rings. The molecule has 0 saturated carbocycles. The summed E-state index contributed by atoms with van der Waals surface area (Å²) in [5.74, 6) is -0.346. The number of rotatable bonds is 6. The number of hydrogen-bond donors (Lipinski definition) is 2. The van der Waals surface area contributed by atoms with Crippen molar-refractivity contribution in [2.75, 3.05) is 6.61 Å². The summed E-state index contributed by atoms with van der Waals surface area (Å²) in [6.45, 7) is 0.449. The lowest BCUT2D eigenvalue weighted by Gasteiger charge is -2.12. The van der Waals surface area contributed by atoms with E-state index in [1.165, 1.54) is 0 Å². The van der Waals surface area contributed by atoms with Crippen molar-refractivity contribution in [1.29, 1.82) is 0 Å². The Balaban J connectivity index is 1.57. The van der Waals surface area contributed by atoms with Gasteiger partial charge < -0.3 is 4.74 Å². The summed E-state index contributed by atoms with van der Waals surface area (Å²) in [7, 11) is 0. The molecule has 2 amide bonds. The highest BCUT2D eigenvalue weighted by atomic mass is 16.5. The van der Waals surface area contributed by atoms with E-state index >= 15 is 0 Å². The van der Waals surface area contributed by atoms with Crippen molar-refractivity contribution < 1.29 is 14.3 Å². The minimum atomic E-state index is -0.436. The van der Waals surface area contributed by atoms with Crippen LogP contribution in [0.15, 0.2) is 84.9 Å². The van der Waals surface area contributed by atoms with Crippen LogP contribution in [-0.2, 0) is 6.42 Å². The van der Waals surface area contributed by atoms with Gasteiger partial charge in [-0.3, -0.25) is 20.4 Å². The van der Waals surface area contributed by atoms with Gasteiger partial charge in [0.05, 0.1) is 12.2 Å². The Hall–Kier alpha value is -3.60. The van der Waals surface area contributed by atoms with Gasteiger partial charge in [0.2, 0.25) is 0 Å². The number of hydrogen-bond acceptors (Lipinski definition) is 3. The predicted molar refractivity (Wildman–Crippen MR) is 103 cm³/mol. The third kappa shape index (κ3) is 5.19. The van der Waals surface area contributed by atoms with Crippen molar-refractivity contribution in [3.05, 3.63) is 102 Å². The fraction of sp³-hybridized carbons (Fsp3) is 0.0909. The first-order valence-electron chi connectivity index (χ1n) is 8.65. The van der Waals surface area contributed by atoms with Gasteiger partial charge in [0.1, 0.15) is 5.75 Å². The quantitative estimate of drug-likeness (QED) is 0.662. The maximum absolute atomic E-state index is 12.4. The molecule has 0 aliphatic heterocycles. The smallest absolute Gasteiger partial charge is 0.273 e. The maximum Gasteiger partial charge on any atom is 0.273 e. The van der Waals surface area contributed by atoms with Crippen LogP contribution in [0.2, 0.25) is 0 Å². The molecule has 0 radical (unpaired) electrons. The van der Waals surface area contributed by atoms with Crippen LogP contribution in [0.5, 0.6) is 5.75 Å². The van der Waals surface area contributed by atoms with Gasteiger partial charge >= 0.3 is 0 Å². The summed E-state index contributed by atoms with van der Waals surface area (Å²) in [4.78, 5) is 24.5. The molecule has 136 valence electrons. The molecule has 3 aromatic carbocycles. The van der Waals surface area contributed by atoms with E-state index in [1.807, 2.05) is 36.4 Å². The van der Waals surface area contributed by atoms with E-state index in [0.717, 1.165) is 12.0 Å². The Labute approximate surface area is 158 Å². The molecule has 5 heteroatoms. The van der Waals surface area contributed by atoms with Crippen molar-refractivity contribution in [3.8, 4) is 5.75 Å². The lowest BCUT2D eigenvalue weighted by molar-refractivity contribution is 0.0844. The molecule has 5 nitrogen and oxygen atoms in total. The molecule has 2 N–H and O–H groups in total. The van der Waals surface area contributed by atoms with Gasteiger partial charge in [-0.25, -0.2) is 0 Å². The zero-order chi connectivity index (χ0) is 18.9. The van der Waals surface area contributed by atoms with E-state index in [1.54, 1.807) is 48.5 Å².